The number of rotatable bonds is 6. The lowest BCUT2D eigenvalue weighted by atomic mass is 10.2. The zero-order valence-corrected chi connectivity index (χ0v) is 10.8. The van der Waals surface area contributed by atoms with Crippen LogP contribution in [0.5, 0.6) is 5.75 Å². The lowest BCUT2D eigenvalue weighted by Crippen LogP contribution is -2.17. The number of ether oxygens (including phenoxy) is 1. The van der Waals surface area contributed by atoms with E-state index in [0.29, 0.717) is 6.54 Å². The molecule has 0 saturated carbocycles. The van der Waals surface area contributed by atoms with Gasteiger partial charge in [0.05, 0.1) is 13.7 Å². The lowest BCUT2D eigenvalue weighted by molar-refractivity contribution is 0.414. The highest BCUT2D eigenvalue weighted by atomic mass is 16.5. The highest BCUT2D eigenvalue weighted by Crippen LogP contribution is 2.12. The van der Waals surface area contributed by atoms with E-state index < -0.39 is 0 Å². The molecular weight excluding hydrogens is 228 g/mol. The van der Waals surface area contributed by atoms with Crippen molar-refractivity contribution >= 4 is 0 Å². The Balaban J connectivity index is 1.88. The Morgan fingerprint density at radius 3 is 3.00 bits per heavy atom. The molecule has 5 heteroatoms. The van der Waals surface area contributed by atoms with Crippen molar-refractivity contribution in [3.05, 3.63) is 42.0 Å². The topological polar surface area (TPSA) is 52.0 Å². The van der Waals surface area contributed by atoms with Crippen LogP contribution in [0.25, 0.3) is 0 Å². The number of aromatic nitrogens is 3. The maximum atomic E-state index is 5.19. The predicted molar refractivity (Wildman–Crippen MR) is 69.2 cm³/mol. The number of hydrogen-bond acceptors (Lipinski definition) is 4. The molecule has 2 aromatic rings. The Labute approximate surface area is 107 Å². The lowest BCUT2D eigenvalue weighted by Gasteiger charge is -2.07. The summed E-state index contributed by atoms with van der Waals surface area (Å²) in [6, 6.07) is 8.03. The van der Waals surface area contributed by atoms with Crippen molar-refractivity contribution in [3.8, 4) is 5.75 Å². The summed E-state index contributed by atoms with van der Waals surface area (Å²) in [6.45, 7) is 4.40. The Bertz CT molecular complexity index is 495. The number of aryl methyl sites for hydroxylation is 1. The molecule has 0 radical (unpaired) electrons. The van der Waals surface area contributed by atoms with Crippen LogP contribution in [0.2, 0.25) is 0 Å². The van der Waals surface area contributed by atoms with Gasteiger partial charge >= 0.3 is 0 Å². The zero-order chi connectivity index (χ0) is 12.8. The Hall–Kier alpha value is -1.88. The van der Waals surface area contributed by atoms with E-state index in [9.17, 15) is 0 Å². The van der Waals surface area contributed by atoms with Crippen molar-refractivity contribution in [2.45, 2.75) is 26.6 Å². The maximum absolute atomic E-state index is 5.19. The van der Waals surface area contributed by atoms with E-state index in [4.69, 9.17) is 4.74 Å². The molecule has 0 aliphatic carbocycles. The first-order chi connectivity index (χ1) is 8.83. The van der Waals surface area contributed by atoms with Crippen LogP contribution in [-0.2, 0) is 19.6 Å². The van der Waals surface area contributed by atoms with Gasteiger partial charge in [0, 0.05) is 13.1 Å². The van der Waals surface area contributed by atoms with Crippen molar-refractivity contribution in [2.75, 3.05) is 7.11 Å². The molecule has 0 saturated heterocycles. The molecule has 0 spiro atoms. The first-order valence-corrected chi connectivity index (χ1v) is 6.03. The fourth-order valence-corrected chi connectivity index (χ4v) is 1.79. The minimum Gasteiger partial charge on any atom is -0.497 e. The van der Waals surface area contributed by atoms with Gasteiger partial charge in [-0.2, -0.15) is 5.10 Å². The molecule has 1 heterocycles. The summed E-state index contributed by atoms with van der Waals surface area (Å²) in [5.74, 6) is 1.84. The molecule has 1 aromatic heterocycles. The average Bonchev–Trinajstić information content (AvgIpc) is 2.86. The molecule has 18 heavy (non-hydrogen) atoms. The Morgan fingerprint density at radius 2 is 2.22 bits per heavy atom. The first kappa shape index (κ1) is 12.6. The number of nitrogens with one attached hydrogen (secondary N) is 1. The molecule has 5 nitrogen and oxygen atoms in total. The van der Waals surface area contributed by atoms with E-state index in [1.165, 1.54) is 5.56 Å². The fourth-order valence-electron chi connectivity index (χ4n) is 1.79. The molecule has 1 N–H and O–H groups in total. The van der Waals surface area contributed by atoms with Gasteiger partial charge in [-0.15, -0.1) is 0 Å². The second-order valence-corrected chi connectivity index (χ2v) is 3.95. The third-order valence-corrected chi connectivity index (χ3v) is 2.74. The van der Waals surface area contributed by atoms with Crippen LogP contribution >= 0.6 is 0 Å². The van der Waals surface area contributed by atoms with Gasteiger partial charge in [-0.1, -0.05) is 12.1 Å². The van der Waals surface area contributed by atoms with E-state index in [-0.39, 0.29) is 0 Å². The monoisotopic (exact) mass is 246 g/mol. The minimum atomic E-state index is 0.713. The van der Waals surface area contributed by atoms with E-state index in [1.807, 2.05) is 22.9 Å². The predicted octanol–water partition coefficient (Wildman–Crippen LogP) is 1.60. The number of hydrogen-bond donors (Lipinski definition) is 1. The van der Waals surface area contributed by atoms with Crippen molar-refractivity contribution in [1.82, 2.24) is 20.1 Å². The van der Waals surface area contributed by atoms with Gasteiger partial charge in [-0.25, -0.2) is 9.67 Å². The first-order valence-electron chi connectivity index (χ1n) is 6.03. The molecule has 96 valence electrons. The van der Waals surface area contributed by atoms with E-state index in [0.717, 1.165) is 24.7 Å². The molecule has 2 rings (SSSR count). The molecule has 0 amide bonds. The third kappa shape index (κ3) is 3.07. The molecule has 0 bridgehead atoms. The van der Waals surface area contributed by atoms with E-state index >= 15 is 0 Å². The van der Waals surface area contributed by atoms with Gasteiger partial charge < -0.3 is 10.1 Å². The summed E-state index contributed by atoms with van der Waals surface area (Å²) in [4.78, 5) is 4.22. The highest BCUT2D eigenvalue weighted by molar-refractivity contribution is 5.28. The Kier molecular flexibility index (Phi) is 4.30. The number of benzene rings is 1. The van der Waals surface area contributed by atoms with Gasteiger partial charge in [0.2, 0.25) is 0 Å². The SMILES string of the molecule is CCn1ncnc1CNCc1cccc(OC)c1. The molecule has 0 fully saturated rings. The van der Waals surface area contributed by atoms with Crippen LogP contribution in [0.1, 0.15) is 18.3 Å². The van der Waals surface area contributed by atoms with E-state index in [1.54, 1.807) is 13.4 Å². The summed E-state index contributed by atoms with van der Waals surface area (Å²) in [5, 5.41) is 7.48. The molecule has 0 atom stereocenters. The second kappa shape index (κ2) is 6.16. The summed E-state index contributed by atoms with van der Waals surface area (Å²) < 4.78 is 7.08. The standard InChI is InChI=1S/C13H18N4O/c1-3-17-13(15-10-16-17)9-14-8-11-5-4-6-12(7-11)18-2/h4-7,10,14H,3,8-9H2,1-2H3. The summed E-state index contributed by atoms with van der Waals surface area (Å²) in [7, 11) is 1.68. The van der Waals surface area contributed by atoms with E-state index in [2.05, 4.69) is 28.4 Å². The molecular formula is C13H18N4O. The smallest absolute Gasteiger partial charge is 0.140 e. The Morgan fingerprint density at radius 1 is 1.33 bits per heavy atom. The van der Waals surface area contributed by atoms with Crippen molar-refractivity contribution < 1.29 is 4.74 Å². The summed E-state index contributed by atoms with van der Waals surface area (Å²) in [6.07, 6.45) is 1.59. The normalized spacial score (nSPS) is 10.6. The summed E-state index contributed by atoms with van der Waals surface area (Å²) in [5.41, 5.74) is 1.19. The van der Waals surface area contributed by atoms with Gasteiger partial charge in [0.25, 0.3) is 0 Å². The van der Waals surface area contributed by atoms with Crippen LogP contribution in [0.15, 0.2) is 30.6 Å². The molecule has 0 aliphatic heterocycles. The van der Waals surface area contributed by atoms with Crippen LogP contribution in [0.3, 0.4) is 0 Å². The maximum Gasteiger partial charge on any atom is 0.140 e. The van der Waals surface area contributed by atoms with Gasteiger partial charge in [0.15, 0.2) is 0 Å². The highest BCUT2D eigenvalue weighted by Gasteiger charge is 2.02. The quantitative estimate of drug-likeness (QED) is 0.841. The molecule has 1 aromatic carbocycles. The average molecular weight is 246 g/mol. The second-order valence-electron chi connectivity index (χ2n) is 3.95. The fraction of sp³-hybridized carbons (Fsp3) is 0.385. The van der Waals surface area contributed by atoms with Gasteiger partial charge in [0.1, 0.15) is 17.9 Å². The van der Waals surface area contributed by atoms with Gasteiger partial charge in [-0.05, 0) is 24.6 Å². The number of methoxy groups -OCH3 is 1. The van der Waals surface area contributed by atoms with Crippen LogP contribution in [0.4, 0.5) is 0 Å². The summed E-state index contributed by atoms with van der Waals surface area (Å²) >= 11 is 0. The largest absolute Gasteiger partial charge is 0.497 e. The third-order valence-electron chi connectivity index (χ3n) is 2.74. The zero-order valence-electron chi connectivity index (χ0n) is 10.8. The van der Waals surface area contributed by atoms with Crippen LogP contribution in [0, 0.1) is 0 Å². The van der Waals surface area contributed by atoms with Crippen molar-refractivity contribution in [1.29, 1.82) is 0 Å². The van der Waals surface area contributed by atoms with Crippen LogP contribution in [-0.4, -0.2) is 21.9 Å². The minimum absolute atomic E-state index is 0.713. The van der Waals surface area contributed by atoms with Crippen molar-refractivity contribution in [2.24, 2.45) is 0 Å². The molecule has 0 aliphatic rings. The molecule has 0 unspecified atom stereocenters. The van der Waals surface area contributed by atoms with Crippen molar-refractivity contribution in [3.63, 3.8) is 0 Å². The van der Waals surface area contributed by atoms with Gasteiger partial charge in [-0.3, -0.25) is 0 Å². The van der Waals surface area contributed by atoms with Crippen LogP contribution < -0.4 is 10.1 Å². The number of nitrogens with zero attached hydrogens (tertiary/aromatic N) is 3.